The van der Waals surface area contributed by atoms with Crippen LogP contribution in [0.4, 0.5) is 5.82 Å². The fraction of sp³-hybridized carbons (Fsp3) is 0.275. The van der Waals surface area contributed by atoms with Gasteiger partial charge in [0.25, 0.3) is 0 Å². The number of benzene rings is 5. The van der Waals surface area contributed by atoms with Gasteiger partial charge in [0.2, 0.25) is 6.29 Å². The summed E-state index contributed by atoms with van der Waals surface area (Å²) in [5.74, 6) is -0.135. The second kappa shape index (κ2) is 19.8. The van der Waals surface area contributed by atoms with Crippen LogP contribution in [0.2, 0.25) is 0 Å². The molecule has 0 bridgehead atoms. The highest BCUT2D eigenvalue weighted by molar-refractivity contribution is 5.94. The third-order valence-electron chi connectivity index (χ3n) is 11.8. The van der Waals surface area contributed by atoms with Gasteiger partial charge >= 0.3 is 11.9 Å². The molecule has 1 aliphatic rings. The van der Waals surface area contributed by atoms with Gasteiger partial charge in [0.1, 0.15) is 23.2 Å². The van der Waals surface area contributed by atoms with Crippen LogP contribution in [-0.4, -0.2) is 80.0 Å². The van der Waals surface area contributed by atoms with Gasteiger partial charge in [0, 0.05) is 31.8 Å². The minimum absolute atomic E-state index is 0.205. The van der Waals surface area contributed by atoms with Gasteiger partial charge < -0.3 is 19.3 Å². The van der Waals surface area contributed by atoms with E-state index in [2.05, 4.69) is 105 Å². The maximum atomic E-state index is 13.6. The average Bonchev–Trinajstić information content (AvgIpc) is 3.82. The monoisotopic (exact) mass is 840 g/mol. The molecule has 12 heteroatoms. The van der Waals surface area contributed by atoms with Crippen LogP contribution >= 0.6 is 0 Å². The Balaban J connectivity index is 1.08. The van der Waals surface area contributed by atoms with Crippen molar-refractivity contribution in [2.75, 3.05) is 31.6 Å². The van der Waals surface area contributed by atoms with Gasteiger partial charge in [0.15, 0.2) is 5.82 Å². The van der Waals surface area contributed by atoms with Crippen molar-refractivity contribution in [3.63, 3.8) is 0 Å². The molecule has 0 aliphatic carbocycles. The van der Waals surface area contributed by atoms with E-state index in [0.29, 0.717) is 37.6 Å². The number of esters is 2. The number of unbranched alkanes of at least 4 members (excludes halogenated alkanes) is 1. The molecule has 0 radical (unpaired) electrons. The summed E-state index contributed by atoms with van der Waals surface area (Å²) in [6, 6.07) is 47.7. The van der Waals surface area contributed by atoms with Crippen LogP contribution in [0, 0.1) is 5.92 Å². The lowest BCUT2D eigenvalue weighted by molar-refractivity contribution is -0.171. The smallest absolute Gasteiger partial charge is 0.346 e. The Morgan fingerprint density at radius 2 is 1.37 bits per heavy atom. The molecule has 320 valence electrons. The number of hydrogen-bond donors (Lipinski definition) is 0. The van der Waals surface area contributed by atoms with Gasteiger partial charge in [-0.15, -0.1) is 5.10 Å². The second-order valence-corrected chi connectivity index (χ2v) is 16.0. The van der Waals surface area contributed by atoms with Gasteiger partial charge in [-0.3, -0.25) is 4.79 Å². The van der Waals surface area contributed by atoms with Crippen LogP contribution < -0.4 is 4.90 Å². The lowest BCUT2D eigenvalue weighted by Gasteiger charge is -2.36. The maximum absolute atomic E-state index is 13.6. The van der Waals surface area contributed by atoms with Gasteiger partial charge in [-0.1, -0.05) is 153 Å². The molecule has 7 aromatic rings. The molecular weight excluding hydrogens is 789 g/mol. The number of anilines is 1. The summed E-state index contributed by atoms with van der Waals surface area (Å²) < 4.78 is 13.2. The Hall–Kier alpha value is -7.05. The minimum Gasteiger partial charge on any atom is -0.425 e. The predicted octanol–water partition coefficient (Wildman–Crippen LogP) is 8.83. The van der Waals surface area contributed by atoms with E-state index < -0.39 is 17.8 Å². The third kappa shape index (κ3) is 9.27. The van der Waals surface area contributed by atoms with E-state index in [-0.39, 0.29) is 17.5 Å². The zero-order valence-corrected chi connectivity index (χ0v) is 36.0. The van der Waals surface area contributed by atoms with Gasteiger partial charge in [-0.25, -0.2) is 19.4 Å². The van der Waals surface area contributed by atoms with E-state index in [1.807, 2.05) is 78.5 Å². The number of nitrogens with zero attached hydrogens (tertiary/aromatic N) is 8. The summed E-state index contributed by atoms with van der Waals surface area (Å²) in [4.78, 5) is 39.5. The quantitative estimate of drug-likeness (QED) is 0.0526. The highest BCUT2D eigenvalue weighted by Crippen LogP contribution is 2.43. The number of hydrogen-bond acceptors (Lipinski definition) is 11. The number of tetrazole rings is 1. The lowest BCUT2D eigenvalue weighted by atomic mass is 9.77. The highest BCUT2D eigenvalue weighted by Gasteiger charge is 2.42. The Labute approximate surface area is 368 Å². The number of carbonyl (C=O) groups is 2. The second-order valence-electron chi connectivity index (χ2n) is 16.0. The molecule has 0 spiro atoms. The molecule has 1 atom stereocenters. The van der Waals surface area contributed by atoms with Crippen molar-refractivity contribution in [1.82, 2.24) is 35.1 Å². The first-order valence-corrected chi connectivity index (χ1v) is 21.7. The summed E-state index contributed by atoms with van der Waals surface area (Å²) in [7, 11) is 2.04. The predicted molar refractivity (Wildman–Crippen MR) is 242 cm³/mol. The number of ether oxygens (including phenoxy) is 2. The largest absolute Gasteiger partial charge is 0.425 e. The van der Waals surface area contributed by atoms with Gasteiger partial charge in [0.05, 0.1) is 5.92 Å². The van der Waals surface area contributed by atoms with E-state index in [9.17, 15) is 9.59 Å². The molecule has 5 aromatic carbocycles. The van der Waals surface area contributed by atoms with Crippen molar-refractivity contribution in [3.8, 4) is 22.5 Å². The molecule has 63 heavy (non-hydrogen) atoms. The van der Waals surface area contributed by atoms with Crippen LogP contribution in [0.3, 0.4) is 0 Å². The van der Waals surface area contributed by atoms with Gasteiger partial charge in [-0.2, -0.15) is 0 Å². The lowest BCUT2D eigenvalue weighted by Crippen LogP contribution is -2.39. The third-order valence-corrected chi connectivity index (χ3v) is 11.8. The van der Waals surface area contributed by atoms with Crippen molar-refractivity contribution in [2.24, 2.45) is 5.92 Å². The van der Waals surface area contributed by atoms with Crippen LogP contribution in [0.15, 0.2) is 152 Å². The molecule has 0 saturated carbocycles. The van der Waals surface area contributed by atoms with E-state index in [1.165, 1.54) is 12.5 Å². The van der Waals surface area contributed by atoms with E-state index in [0.717, 1.165) is 64.9 Å². The summed E-state index contributed by atoms with van der Waals surface area (Å²) in [5.41, 5.74) is 6.22. The zero-order valence-electron chi connectivity index (χ0n) is 36.0. The van der Waals surface area contributed by atoms with Crippen molar-refractivity contribution < 1.29 is 19.1 Å². The van der Waals surface area contributed by atoms with Crippen molar-refractivity contribution in [3.05, 3.63) is 180 Å². The van der Waals surface area contributed by atoms with Gasteiger partial charge in [-0.05, 0) is 83.2 Å². The minimum atomic E-state index is -1.06. The highest BCUT2D eigenvalue weighted by atomic mass is 16.7. The fourth-order valence-electron chi connectivity index (χ4n) is 8.50. The summed E-state index contributed by atoms with van der Waals surface area (Å²) in [6.45, 7) is 6.46. The van der Waals surface area contributed by atoms with E-state index in [4.69, 9.17) is 19.8 Å². The molecule has 1 aliphatic heterocycles. The van der Waals surface area contributed by atoms with Crippen molar-refractivity contribution in [2.45, 2.75) is 57.9 Å². The number of piperidine rings is 1. The molecule has 1 saturated heterocycles. The first kappa shape index (κ1) is 42.6. The van der Waals surface area contributed by atoms with Crippen LogP contribution in [0.5, 0.6) is 0 Å². The van der Waals surface area contributed by atoms with Crippen LogP contribution in [0.1, 0.15) is 72.1 Å². The molecule has 0 N–H and O–H groups in total. The Morgan fingerprint density at radius 1 is 0.778 bits per heavy atom. The number of likely N-dealkylation sites (tertiary alicyclic amines) is 1. The normalized spacial score (nSPS) is 13.9. The van der Waals surface area contributed by atoms with E-state index >= 15 is 0 Å². The molecule has 12 nitrogen and oxygen atoms in total. The van der Waals surface area contributed by atoms with E-state index in [1.54, 1.807) is 6.92 Å². The Kier molecular flexibility index (Phi) is 13.4. The molecule has 3 heterocycles. The topological polar surface area (TPSA) is 128 Å². The SMILES string of the molecule is CCCCN(Cc1ccc(-c2ccccc2-c2nnnn2C(c2ccccc2)(c2ccccc2)c2ccccc2)cc1)c1ncncc1C(=O)OC(C)OC(=O)C1CCN(C)CC1. The first-order chi connectivity index (χ1) is 30.9. The van der Waals surface area contributed by atoms with Crippen molar-refractivity contribution >= 4 is 17.8 Å². The fourth-order valence-corrected chi connectivity index (χ4v) is 8.50. The summed E-state index contributed by atoms with van der Waals surface area (Å²) in [5, 5.41) is 13.8. The zero-order chi connectivity index (χ0) is 43.6. The molecule has 8 rings (SSSR count). The standard InChI is InChI=1S/C51H52N8O4/c1-4-5-31-58(47-46(34-52-36-53-47)50(61)63-37(2)62-49(60)40-29-32-57(3)33-30-40)35-38-25-27-39(28-26-38)44-23-15-16-24-45(44)48-54-55-56-59(48)51(41-17-9-6-10-18-41,42-19-11-7-12-20-42)43-21-13-8-14-22-43/h6-28,34,36-37,40H,4-5,29-33,35H2,1-3H3. The molecule has 1 fully saturated rings. The number of carbonyl (C=O) groups excluding carboxylic acids is 2. The Bertz CT molecular complexity index is 2480. The first-order valence-electron chi connectivity index (χ1n) is 21.7. The Morgan fingerprint density at radius 3 is 1.97 bits per heavy atom. The molecule has 0 amide bonds. The number of rotatable bonds is 16. The molecule has 1 unspecified atom stereocenters. The summed E-state index contributed by atoms with van der Waals surface area (Å²) >= 11 is 0. The summed E-state index contributed by atoms with van der Waals surface area (Å²) in [6.07, 6.45) is 5.08. The van der Waals surface area contributed by atoms with Crippen LogP contribution in [0.25, 0.3) is 22.5 Å². The maximum Gasteiger partial charge on any atom is 0.346 e. The average molecular weight is 841 g/mol. The molecular formula is C51H52N8O4. The van der Waals surface area contributed by atoms with Crippen LogP contribution in [-0.2, 0) is 26.4 Å². The number of aromatic nitrogens is 6. The molecule has 2 aromatic heterocycles. The van der Waals surface area contributed by atoms with Crippen molar-refractivity contribution in [1.29, 1.82) is 0 Å².